The third-order valence-electron chi connectivity index (χ3n) is 7.96. The average Bonchev–Trinajstić information content (AvgIpc) is 3.39. The molecule has 4 aromatic rings. The maximum absolute atomic E-state index is 14.3. The summed E-state index contributed by atoms with van der Waals surface area (Å²) < 4.78 is 48.9. The number of nitrogens with zero attached hydrogens (tertiary/aromatic N) is 5. The number of aromatic nitrogens is 3. The monoisotopic (exact) mass is 595 g/mol. The number of piperazine rings is 1. The molecule has 1 saturated heterocycles. The fourth-order valence-corrected chi connectivity index (χ4v) is 5.71. The molecule has 5 rings (SSSR count). The van der Waals surface area contributed by atoms with Gasteiger partial charge >= 0.3 is 6.18 Å². The summed E-state index contributed by atoms with van der Waals surface area (Å²) in [5.74, 6) is -0.0170. The Labute approximate surface area is 246 Å². The Bertz CT molecular complexity index is 1670. The summed E-state index contributed by atoms with van der Waals surface area (Å²) in [6, 6.07) is 12.9. The number of fused-ring (bicyclic) bond motifs is 1. The average molecular weight is 596 g/mol. The van der Waals surface area contributed by atoms with E-state index in [4.69, 9.17) is 4.74 Å². The number of alkyl halides is 3. The minimum atomic E-state index is -4.75. The molecule has 2 aromatic heterocycles. The molecular formula is C31H32F3N5O4. The lowest BCUT2D eigenvalue weighted by Crippen LogP contribution is -2.55. The van der Waals surface area contributed by atoms with Crippen LogP contribution in [0.25, 0.3) is 16.9 Å². The summed E-state index contributed by atoms with van der Waals surface area (Å²) in [6.07, 6.45) is -3.61. The van der Waals surface area contributed by atoms with Crippen molar-refractivity contribution in [3.05, 3.63) is 82.7 Å². The normalized spacial score (nSPS) is 16.8. The van der Waals surface area contributed by atoms with Crippen molar-refractivity contribution < 1.29 is 32.6 Å². The molecule has 0 unspecified atom stereocenters. The minimum absolute atomic E-state index is 0.0339. The largest absolute Gasteiger partial charge is 0.497 e. The zero-order valence-electron chi connectivity index (χ0n) is 24.2. The number of aliphatic hydroxyl groups excluding tert-OH is 1. The number of hydrogen-bond donors (Lipinski definition) is 1. The van der Waals surface area contributed by atoms with Gasteiger partial charge in [0.2, 0.25) is 0 Å². The highest BCUT2D eigenvalue weighted by atomic mass is 19.4. The number of rotatable bonds is 7. The van der Waals surface area contributed by atoms with Crippen LogP contribution in [-0.4, -0.2) is 80.6 Å². The summed E-state index contributed by atoms with van der Waals surface area (Å²) in [7, 11) is 1.49. The van der Waals surface area contributed by atoms with Gasteiger partial charge in [0.25, 0.3) is 5.91 Å². The van der Waals surface area contributed by atoms with E-state index in [1.165, 1.54) is 21.0 Å². The molecule has 3 heterocycles. The van der Waals surface area contributed by atoms with E-state index < -0.39 is 17.8 Å². The molecule has 1 aliphatic heterocycles. The van der Waals surface area contributed by atoms with Gasteiger partial charge in [-0.15, -0.1) is 0 Å². The molecule has 9 nitrogen and oxygen atoms in total. The maximum Gasteiger partial charge on any atom is 0.433 e. The van der Waals surface area contributed by atoms with Crippen LogP contribution in [0.3, 0.4) is 0 Å². The van der Waals surface area contributed by atoms with E-state index in [1.807, 2.05) is 17.9 Å². The van der Waals surface area contributed by atoms with E-state index in [0.717, 1.165) is 11.8 Å². The van der Waals surface area contributed by atoms with Crippen molar-refractivity contribution in [3.8, 4) is 17.0 Å². The Hall–Kier alpha value is -4.29. The minimum Gasteiger partial charge on any atom is -0.497 e. The number of hydrogen-bond acceptors (Lipinski definition) is 7. The molecule has 12 heteroatoms. The first-order valence-corrected chi connectivity index (χ1v) is 13.8. The van der Waals surface area contributed by atoms with Gasteiger partial charge in [-0.1, -0.05) is 18.2 Å². The van der Waals surface area contributed by atoms with E-state index >= 15 is 0 Å². The molecule has 1 amide bonds. The molecule has 1 aliphatic rings. The highest BCUT2D eigenvalue weighted by molar-refractivity contribution is 6.00. The number of amides is 1. The standard InChI is InChI=1S/C31H32F3N5O4/c1-18-16-37(26(17-40)23-7-5-6-22(14-23)20(3)41)12-13-38(18)30(42)25-15-35-39-28(31(32,33)34)19(2)27(36-29(25)39)21-8-10-24(43-4)11-9-21/h5-11,14-15,18,26,40H,12-13,16-17H2,1-4H3/t18-,26+/m1/s1. The highest BCUT2D eigenvalue weighted by Gasteiger charge is 2.39. The molecule has 2 aromatic carbocycles. The van der Waals surface area contributed by atoms with Crippen LogP contribution in [0.15, 0.2) is 54.7 Å². The second-order valence-electron chi connectivity index (χ2n) is 10.7. The quantitative estimate of drug-likeness (QED) is 0.306. The molecule has 2 atom stereocenters. The summed E-state index contributed by atoms with van der Waals surface area (Å²) in [4.78, 5) is 33.9. The molecule has 0 spiro atoms. The van der Waals surface area contributed by atoms with Gasteiger partial charge in [-0.2, -0.15) is 18.3 Å². The Morgan fingerprint density at radius 1 is 1.14 bits per heavy atom. The van der Waals surface area contributed by atoms with Crippen molar-refractivity contribution in [1.82, 2.24) is 24.4 Å². The van der Waals surface area contributed by atoms with Crippen LogP contribution >= 0.6 is 0 Å². The lowest BCUT2D eigenvalue weighted by molar-refractivity contribution is -0.143. The predicted octanol–water partition coefficient (Wildman–Crippen LogP) is 4.81. The molecule has 0 aliphatic carbocycles. The van der Waals surface area contributed by atoms with Crippen LogP contribution in [-0.2, 0) is 6.18 Å². The summed E-state index contributed by atoms with van der Waals surface area (Å²) in [5, 5.41) is 14.2. The van der Waals surface area contributed by atoms with Gasteiger partial charge in [0.1, 0.15) is 11.3 Å². The molecule has 1 fully saturated rings. The number of Topliss-reactive ketones (excluding diaryl/α,β-unsaturated/α-hetero) is 1. The molecule has 0 bridgehead atoms. The number of carbonyl (C=O) groups excluding carboxylic acids is 2. The van der Waals surface area contributed by atoms with Gasteiger partial charge in [0.15, 0.2) is 17.1 Å². The number of carbonyl (C=O) groups is 2. The Morgan fingerprint density at radius 3 is 2.47 bits per heavy atom. The number of aliphatic hydroxyl groups is 1. The van der Waals surface area contributed by atoms with E-state index in [0.29, 0.717) is 34.5 Å². The highest BCUT2D eigenvalue weighted by Crippen LogP contribution is 2.37. The molecular weight excluding hydrogens is 563 g/mol. The predicted molar refractivity (Wildman–Crippen MR) is 153 cm³/mol. The number of ether oxygens (including phenoxy) is 1. The van der Waals surface area contributed by atoms with Gasteiger partial charge in [-0.3, -0.25) is 14.5 Å². The smallest absolute Gasteiger partial charge is 0.433 e. The molecule has 43 heavy (non-hydrogen) atoms. The van der Waals surface area contributed by atoms with E-state index in [1.54, 1.807) is 47.4 Å². The van der Waals surface area contributed by atoms with Crippen LogP contribution in [0.2, 0.25) is 0 Å². The van der Waals surface area contributed by atoms with Gasteiger partial charge < -0.3 is 14.7 Å². The number of methoxy groups -OCH3 is 1. The zero-order chi connectivity index (χ0) is 31.1. The topological polar surface area (TPSA) is 100 Å². The number of benzene rings is 2. The van der Waals surface area contributed by atoms with Crippen molar-refractivity contribution in [2.45, 2.75) is 39.0 Å². The summed E-state index contributed by atoms with van der Waals surface area (Å²) in [6.45, 7) is 5.55. The van der Waals surface area contributed by atoms with Gasteiger partial charge in [-0.25, -0.2) is 9.50 Å². The van der Waals surface area contributed by atoms with Crippen LogP contribution in [0.4, 0.5) is 13.2 Å². The molecule has 1 N–H and O–H groups in total. The third-order valence-corrected chi connectivity index (χ3v) is 7.96. The second kappa shape index (κ2) is 11.8. The van der Waals surface area contributed by atoms with Crippen LogP contribution in [0.5, 0.6) is 5.75 Å². The van der Waals surface area contributed by atoms with Crippen LogP contribution in [0, 0.1) is 6.92 Å². The first-order valence-electron chi connectivity index (χ1n) is 13.8. The third kappa shape index (κ3) is 5.72. The first kappa shape index (κ1) is 30.2. The zero-order valence-corrected chi connectivity index (χ0v) is 24.2. The SMILES string of the molecule is COc1ccc(-c2nc3c(C(=O)N4CCN([C@@H](CO)c5cccc(C(C)=O)c5)C[C@H]4C)cnn3c(C(F)(F)F)c2C)cc1. The molecule has 0 radical (unpaired) electrons. The Morgan fingerprint density at radius 2 is 1.86 bits per heavy atom. The van der Waals surface area contributed by atoms with Crippen molar-refractivity contribution in [2.75, 3.05) is 33.4 Å². The van der Waals surface area contributed by atoms with Crippen LogP contribution < -0.4 is 4.74 Å². The van der Waals surface area contributed by atoms with Crippen LogP contribution in [0.1, 0.15) is 57.4 Å². The second-order valence-corrected chi connectivity index (χ2v) is 10.7. The summed E-state index contributed by atoms with van der Waals surface area (Å²) >= 11 is 0. The van der Waals surface area contributed by atoms with E-state index in [9.17, 15) is 27.9 Å². The molecule has 226 valence electrons. The van der Waals surface area contributed by atoms with E-state index in [2.05, 4.69) is 10.1 Å². The van der Waals surface area contributed by atoms with Crippen molar-refractivity contribution in [2.24, 2.45) is 0 Å². The molecule has 0 saturated carbocycles. The fraction of sp³-hybridized carbons (Fsp3) is 0.355. The van der Waals surface area contributed by atoms with Gasteiger partial charge in [-0.05, 0) is 56.7 Å². The lowest BCUT2D eigenvalue weighted by Gasteiger charge is -2.43. The number of ketones is 1. The first-order chi connectivity index (χ1) is 20.4. The van der Waals surface area contributed by atoms with Gasteiger partial charge in [0, 0.05) is 42.4 Å². The lowest BCUT2D eigenvalue weighted by atomic mass is 10.00. The summed E-state index contributed by atoms with van der Waals surface area (Å²) in [5.41, 5.74) is 0.532. The van der Waals surface area contributed by atoms with Crippen molar-refractivity contribution in [3.63, 3.8) is 0 Å². The van der Waals surface area contributed by atoms with Crippen molar-refractivity contribution in [1.29, 1.82) is 0 Å². The Balaban J connectivity index is 1.47. The van der Waals surface area contributed by atoms with E-state index in [-0.39, 0.29) is 53.5 Å². The van der Waals surface area contributed by atoms with Gasteiger partial charge in [0.05, 0.1) is 31.6 Å². The fourth-order valence-electron chi connectivity index (χ4n) is 5.71. The van der Waals surface area contributed by atoms with Crippen molar-refractivity contribution >= 4 is 17.3 Å². The Kier molecular flexibility index (Phi) is 8.26. The number of halogens is 3. The maximum atomic E-state index is 14.3.